The maximum absolute atomic E-state index is 12.7. The van der Waals surface area contributed by atoms with Crippen LogP contribution >= 0.6 is 0 Å². The first-order valence-electron chi connectivity index (χ1n) is 8.10. The molecule has 24 heavy (non-hydrogen) atoms. The zero-order valence-electron chi connectivity index (χ0n) is 13.6. The van der Waals surface area contributed by atoms with Crippen LogP contribution in [0.3, 0.4) is 0 Å². The molecular formula is C18H22N4O2. The molecule has 6 nitrogen and oxygen atoms in total. The van der Waals surface area contributed by atoms with E-state index in [1.165, 1.54) is 4.90 Å². The summed E-state index contributed by atoms with van der Waals surface area (Å²) in [4.78, 5) is 34.6. The van der Waals surface area contributed by atoms with Crippen LogP contribution in [0.2, 0.25) is 0 Å². The first-order chi connectivity index (χ1) is 11.7. The molecule has 2 aromatic rings. The minimum Gasteiger partial charge on any atom is -0.330 e. The molecule has 0 aliphatic heterocycles. The lowest BCUT2D eigenvalue weighted by Gasteiger charge is -2.21. The minimum absolute atomic E-state index is 0.307. The number of rotatable bonds is 8. The fourth-order valence-electron chi connectivity index (χ4n) is 2.36. The van der Waals surface area contributed by atoms with Crippen molar-refractivity contribution in [2.75, 3.05) is 13.1 Å². The van der Waals surface area contributed by atoms with Crippen LogP contribution in [0.1, 0.15) is 46.4 Å². The Kier molecular flexibility index (Phi) is 7.04. The molecule has 0 bridgehead atoms. The first kappa shape index (κ1) is 17.7. The second kappa shape index (κ2) is 9.52. The molecule has 2 amide bonds. The number of hydrogen-bond donors (Lipinski definition) is 1. The van der Waals surface area contributed by atoms with Gasteiger partial charge in [0.15, 0.2) is 0 Å². The summed E-state index contributed by atoms with van der Waals surface area (Å²) in [6.45, 7) is 1.04. The van der Waals surface area contributed by atoms with E-state index in [0.29, 0.717) is 24.2 Å². The van der Waals surface area contributed by atoms with E-state index in [9.17, 15) is 9.59 Å². The van der Waals surface area contributed by atoms with E-state index < -0.39 is 0 Å². The third kappa shape index (κ3) is 4.96. The van der Waals surface area contributed by atoms with Crippen molar-refractivity contribution in [2.24, 2.45) is 5.73 Å². The summed E-state index contributed by atoms with van der Waals surface area (Å²) in [5, 5.41) is 0. The van der Waals surface area contributed by atoms with Gasteiger partial charge >= 0.3 is 0 Å². The fourth-order valence-corrected chi connectivity index (χ4v) is 2.36. The smallest absolute Gasteiger partial charge is 0.260 e. The number of aromatic nitrogens is 2. The monoisotopic (exact) mass is 326 g/mol. The predicted octanol–water partition coefficient (Wildman–Crippen LogP) is 2.28. The Balaban J connectivity index is 2.12. The quantitative estimate of drug-likeness (QED) is 0.594. The Morgan fingerprint density at radius 3 is 1.71 bits per heavy atom. The molecule has 0 saturated heterocycles. The van der Waals surface area contributed by atoms with Crippen LogP contribution in [0.25, 0.3) is 0 Å². The van der Waals surface area contributed by atoms with Gasteiger partial charge in [-0.25, -0.2) is 0 Å². The number of carbonyl (C=O) groups excluding carboxylic acids is 2. The van der Waals surface area contributed by atoms with Crippen molar-refractivity contribution in [3.8, 4) is 0 Å². The molecule has 0 atom stereocenters. The molecule has 0 aromatic carbocycles. The van der Waals surface area contributed by atoms with Crippen LogP contribution < -0.4 is 5.73 Å². The fraction of sp³-hybridized carbons (Fsp3) is 0.333. The molecule has 2 heterocycles. The van der Waals surface area contributed by atoms with Gasteiger partial charge in [0, 0.05) is 42.5 Å². The predicted molar refractivity (Wildman–Crippen MR) is 91.4 cm³/mol. The molecular weight excluding hydrogens is 304 g/mol. The lowest BCUT2D eigenvalue weighted by atomic mass is 10.1. The lowest BCUT2D eigenvalue weighted by Crippen LogP contribution is -2.37. The molecule has 0 saturated carbocycles. The van der Waals surface area contributed by atoms with Gasteiger partial charge < -0.3 is 5.73 Å². The number of pyridine rings is 2. The van der Waals surface area contributed by atoms with Crippen molar-refractivity contribution in [1.82, 2.24) is 14.9 Å². The van der Waals surface area contributed by atoms with Crippen molar-refractivity contribution < 1.29 is 9.59 Å². The van der Waals surface area contributed by atoms with Crippen molar-refractivity contribution in [3.63, 3.8) is 0 Å². The Bertz CT molecular complexity index is 595. The second-order valence-electron chi connectivity index (χ2n) is 5.44. The lowest BCUT2D eigenvalue weighted by molar-refractivity contribution is 0.0613. The summed E-state index contributed by atoms with van der Waals surface area (Å²) < 4.78 is 0. The summed E-state index contributed by atoms with van der Waals surface area (Å²) in [5.41, 5.74) is 6.39. The average Bonchev–Trinajstić information content (AvgIpc) is 2.65. The summed E-state index contributed by atoms with van der Waals surface area (Å²) in [7, 11) is 0. The number of hydrogen-bond acceptors (Lipinski definition) is 5. The summed E-state index contributed by atoms with van der Waals surface area (Å²) in [5.74, 6) is -0.615. The molecule has 2 aromatic heterocycles. The van der Waals surface area contributed by atoms with Gasteiger partial charge in [-0.15, -0.1) is 0 Å². The molecule has 2 rings (SSSR count). The second-order valence-corrected chi connectivity index (χ2v) is 5.44. The van der Waals surface area contributed by atoms with Gasteiger partial charge in [-0.1, -0.05) is 12.8 Å². The van der Waals surface area contributed by atoms with Crippen LogP contribution in [-0.4, -0.2) is 39.8 Å². The van der Waals surface area contributed by atoms with Gasteiger partial charge in [-0.2, -0.15) is 0 Å². The van der Waals surface area contributed by atoms with Crippen LogP contribution in [0.4, 0.5) is 0 Å². The van der Waals surface area contributed by atoms with E-state index in [-0.39, 0.29) is 11.8 Å². The van der Waals surface area contributed by atoms with Gasteiger partial charge in [0.1, 0.15) is 0 Å². The normalized spacial score (nSPS) is 10.4. The van der Waals surface area contributed by atoms with Crippen LogP contribution in [0.5, 0.6) is 0 Å². The molecule has 0 aliphatic rings. The summed E-state index contributed by atoms with van der Waals surface area (Å²) in [6, 6.07) is 6.46. The van der Waals surface area contributed by atoms with Crippen LogP contribution in [-0.2, 0) is 0 Å². The highest BCUT2D eigenvalue weighted by molar-refractivity contribution is 6.10. The number of amides is 2. The van der Waals surface area contributed by atoms with E-state index in [1.807, 2.05) is 0 Å². The van der Waals surface area contributed by atoms with Gasteiger partial charge in [0.25, 0.3) is 11.8 Å². The number of imide groups is 1. The van der Waals surface area contributed by atoms with Gasteiger partial charge in [-0.05, 0) is 43.7 Å². The number of nitrogens with zero attached hydrogens (tertiary/aromatic N) is 3. The average molecular weight is 326 g/mol. The zero-order valence-corrected chi connectivity index (χ0v) is 13.6. The minimum atomic E-state index is -0.307. The number of carbonyl (C=O) groups is 2. The number of nitrogens with two attached hydrogens (primary N) is 1. The van der Waals surface area contributed by atoms with Gasteiger partial charge in [0.05, 0.1) is 0 Å². The van der Waals surface area contributed by atoms with Gasteiger partial charge in [-0.3, -0.25) is 24.5 Å². The third-order valence-electron chi connectivity index (χ3n) is 3.68. The Morgan fingerprint density at radius 2 is 1.25 bits per heavy atom. The largest absolute Gasteiger partial charge is 0.330 e. The topological polar surface area (TPSA) is 89.2 Å². The molecule has 0 radical (unpaired) electrons. The highest BCUT2D eigenvalue weighted by atomic mass is 16.2. The Labute approximate surface area is 141 Å². The highest BCUT2D eigenvalue weighted by Crippen LogP contribution is 2.11. The molecule has 0 spiro atoms. The van der Waals surface area contributed by atoms with E-state index >= 15 is 0 Å². The van der Waals surface area contributed by atoms with Crippen LogP contribution in [0, 0.1) is 0 Å². The van der Waals surface area contributed by atoms with Crippen molar-refractivity contribution >= 4 is 11.8 Å². The standard InChI is InChI=1S/C18H22N4O2/c19-9-3-1-2-4-14-22(17(23)15-5-10-20-11-6-15)18(24)16-7-12-21-13-8-16/h5-8,10-13H,1-4,9,14,19H2. The molecule has 6 heteroatoms. The maximum atomic E-state index is 12.7. The first-order valence-corrected chi connectivity index (χ1v) is 8.10. The molecule has 2 N–H and O–H groups in total. The van der Waals surface area contributed by atoms with Gasteiger partial charge in [0.2, 0.25) is 0 Å². The molecule has 0 fully saturated rings. The van der Waals surface area contributed by atoms with E-state index in [0.717, 1.165) is 25.7 Å². The van der Waals surface area contributed by atoms with E-state index in [1.54, 1.807) is 49.1 Å². The van der Waals surface area contributed by atoms with Crippen molar-refractivity contribution in [1.29, 1.82) is 0 Å². The SMILES string of the molecule is NCCCCCCN(C(=O)c1ccncc1)C(=O)c1ccncc1. The molecule has 0 unspecified atom stereocenters. The van der Waals surface area contributed by atoms with Crippen LogP contribution in [0.15, 0.2) is 49.1 Å². The highest BCUT2D eigenvalue weighted by Gasteiger charge is 2.23. The Morgan fingerprint density at radius 1 is 0.792 bits per heavy atom. The van der Waals surface area contributed by atoms with Crippen molar-refractivity contribution in [2.45, 2.75) is 25.7 Å². The third-order valence-corrected chi connectivity index (χ3v) is 3.68. The maximum Gasteiger partial charge on any atom is 0.260 e. The Hall–Kier alpha value is -2.60. The number of unbranched alkanes of at least 4 members (excludes halogenated alkanes) is 3. The summed E-state index contributed by atoms with van der Waals surface area (Å²) in [6.07, 6.45) is 9.82. The van der Waals surface area contributed by atoms with Crippen molar-refractivity contribution in [3.05, 3.63) is 60.2 Å². The van der Waals surface area contributed by atoms with E-state index in [4.69, 9.17) is 5.73 Å². The summed E-state index contributed by atoms with van der Waals surface area (Å²) >= 11 is 0. The molecule has 0 aliphatic carbocycles. The van der Waals surface area contributed by atoms with E-state index in [2.05, 4.69) is 9.97 Å². The zero-order chi connectivity index (χ0) is 17.2. The molecule has 126 valence electrons.